The van der Waals surface area contributed by atoms with Gasteiger partial charge in [-0.15, -0.1) is 0 Å². The molecule has 0 aromatic heterocycles. The third kappa shape index (κ3) is 8.38. The third-order valence-corrected chi connectivity index (χ3v) is 12.0. The van der Waals surface area contributed by atoms with E-state index in [2.05, 4.69) is 43.9 Å². The van der Waals surface area contributed by atoms with Crippen LogP contribution >= 0.6 is 0 Å². The molecule has 38 heavy (non-hydrogen) atoms. The molecule has 0 bridgehead atoms. The molecule has 8 nitrogen and oxygen atoms in total. The van der Waals surface area contributed by atoms with Crippen molar-refractivity contribution in [1.82, 2.24) is 0 Å². The third-order valence-electron chi connectivity index (χ3n) is 7.49. The number of azide groups is 1. The fourth-order valence-electron chi connectivity index (χ4n) is 4.35. The summed E-state index contributed by atoms with van der Waals surface area (Å²) in [7, 11) is -0.551. The Bertz CT molecular complexity index is 1010. The molecule has 1 heterocycles. The highest BCUT2D eigenvalue weighted by Crippen LogP contribution is 2.40. The molecule has 0 N–H and O–H groups in total. The van der Waals surface area contributed by atoms with Gasteiger partial charge in [-0.05, 0) is 41.2 Å². The van der Waals surface area contributed by atoms with Gasteiger partial charge < -0.3 is 23.4 Å². The molecule has 9 heteroatoms. The zero-order valence-corrected chi connectivity index (χ0v) is 24.6. The Labute approximate surface area is 228 Å². The summed E-state index contributed by atoms with van der Waals surface area (Å²) in [5.41, 5.74) is 11.0. The number of ether oxygens (including phenoxy) is 4. The summed E-state index contributed by atoms with van der Waals surface area (Å²) in [5, 5.41) is 3.73. The van der Waals surface area contributed by atoms with E-state index in [1.165, 1.54) is 0 Å². The summed E-state index contributed by atoms with van der Waals surface area (Å²) >= 11 is 0. The zero-order valence-electron chi connectivity index (χ0n) is 23.6. The number of hydrogen-bond acceptors (Lipinski definition) is 6. The van der Waals surface area contributed by atoms with Gasteiger partial charge in [-0.1, -0.05) is 86.5 Å². The molecule has 1 saturated heterocycles. The molecule has 1 aliphatic heterocycles. The van der Waals surface area contributed by atoms with Gasteiger partial charge in [0.25, 0.3) is 0 Å². The van der Waals surface area contributed by atoms with E-state index in [0.29, 0.717) is 32.8 Å². The van der Waals surface area contributed by atoms with Crippen LogP contribution < -0.4 is 0 Å². The SMILES string of the molecule is CO[C@@H]1[C@@H](OCc2ccccc2)[C@H](O[Si](C)(C)C(C)(C)C)[C@@H](COCc2ccccc2)O[C@@H]1CCN=[N+]=[N-]. The van der Waals surface area contributed by atoms with Crippen molar-refractivity contribution in [1.29, 1.82) is 0 Å². The van der Waals surface area contributed by atoms with Gasteiger partial charge >= 0.3 is 0 Å². The van der Waals surface area contributed by atoms with E-state index in [-0.39, 0.29) is 17.2 Å². The molecule has 3 rings (SSSR count). The van der Waals surface area contributed by atoms with Crippen molar-refractivity contribution < 1.29 is 23.4 Å². The van der Waals surface area contributed by atoms with Gasteiger partial charge in [0.05, 0.1) is 25.9 Å². The summed E-state index contributed by atoms with van der Waals surface area (Å²) in [6.45, 7) is 12.7. The van der Waals surface area contributed by atoms with Crippen molar-refractivity contribution in [2.24, 2.45) is 5.11 Å². The Balaban J connectivity index is 1.90. The first kappa shape index (κ1) is 30.3. The quantitative estimate of drug-likeness (QED) is 0.122. The maximum atomic E-state index is 8.83. The van der Waals surface area contributed by atoms with Crippen LogP contribution in [-0.4, -0.2) is 59.1 Å². The smallest absolute Gasteiger partial charge is 0.192 e. The van der Waals surface area contributed by atoms with Crippen LogP contribution in [0.15, 0.2) is 65.8 Å². The largest absolute Gasteiger partial charge is 0.408 e. The average molecular weight is 542 g/mol. The Morgan fingerprint density at radius 3 is 2.05 bits per heavy atom. The standard InChI is InChI=1S/C29H43N3O5Si/c1-29(2,3)38(5,6)37-27-25(21-34-19-22-13-9-7-10-14-22)36-24(17-18-31-32-30)26(33-4)28(27)35-20-23-15-11-8-12-16-23/h7-16,24-28H,17-21H2,1-6H3/t24-,25-,26+,27-,28-/m1/s1. The second-order valence-corrected chi connectivity index (χ2v) is 16.0. The Morgan fingerprint density at radius 2 is 1.50 bits per heavy atom. The summed E-state index contributed by atoms with van der Waals surface area (Å²) in [6.07, 6.45) is -1.39. The van der Waals surface area contributed by atoms with Crippen molar-refractivity contribution in [2.75, 3.05) is 20.3 Å². The first-order valence-corrected chi connectivity index (χ1v) is 16.2. The number of nitrogens with zero attached hydrogens (tertiary/aromatic N) is 3. The molecule has 0 amide bonds. The molecule has 2 aromatic rings. The highest BCUT2D eigenvalue weighted by Gasteiger charge is 2.51. The molecule has 0 aliphatic carbocycles. The first-order valence-electron chi connectivity index (χ1n) is 13.3. The summed E-state index contributed by atoms with van der Waals surface area (Å²) in [6, 6.07) is 20.2. The second kappa shape index (κ2) is 14.2. The molecular formula is C29H43N3O5Si. The van der Waals surface area contributed by atoms with E-state index < -0.39 is 26.6 Å². The van der Waals surface area contributed by atoms with Crippen LogP contribution in [0.1, 0.15) is 38.3 Å². The number of methoxy groups -OCH3 is 1. The van der Waals surface area contributed by atoms with Gasteiger partial charge in [0.1, 0.15) is 24.4 Å². The highest BCUT2D eigenvalue weighted by atomic mass is 28.4. The predicted molar refractivity (Wildman–Crippen MR) is 151 cm³/mol. The summed E-state index contributed by atoms with van der Waals surface area (Å²) < 4.78 is 32.4. The summed E-state index contributed by atoms with van der Waals surface area (Å²) in [4.78, 5) is 2.91. The van der Waals surface area contributed by atoms with Crippen LogP contribution in [0.2, 0.25) is 18.1 Å². The number of hydrogen-bond donors (Lipinski definition) is 0. The fraction of sp³-hybridized carbons (Fsp3) is 0.586. The lowest BCUT2D eigenvalue weighted by molar-refractivity contribution is -0.250. The summed E-state index contributed by atoms with van der Waals surface area (Å²) in [5.74, 6) is 0. The van der Waals surface area contributed by atoms with Crippen LogP contribution in [0.5, 0.6) is 0 Å². The minimum Gasteiger partial charge on any atom is -0.408 e. The van der Waals surface area contributed by atoms with Crippen LogP contribution in [-0.2, 0) is 36.6 Å². The molecule has 1 fully saturated rings. The van der Waals surface area contributed by atoms with E-state index in [1.807, 2.05) is 60.7 Å². The van der Waals surface area contributed by atoms with Crippen molar-refractivity contribution in [3.05, 3.63) is 82.2 Å². The lowest BCUT2D eigenvalue weighted by Crippen LogP contribution is -2.64. The average Bonchev–Trinajstić information content (AvgIpc) is 2.89. The lowest BCUT2D eigenvalue weighted by atomic mass is 9.93. The van der Waals surface area contributed by atoms with Crippen molar-refractivity contribution in [2.45, 2.75) is 89.1 Å². The monoisotopic (exact) mass is 541 g/mol. The van der Waals surface area contributed by atoms with Crippen molar-refractivity contribution in [3.8, 4) is 0 Å². The molecule has 0 spiro atoms. The minimum atomic E-state index is -2.22. The van der Waals surface area contributed by atoms with E-state index in [9.17, 15) is 0 Å². The number of benzene rings is 2. The van der Waals surface area contributed by atoms with Gasteiger partial charge in [-0.2, -0.15) is 0 Å². The van der Waals surface area contributed by atoms with Gasteiger partial charge in [-0.3, -0.25) is 0 Å². The molecule has 0 unspecified atom stereocenters. The van der Waals surface area contributed by atoms with Crippen LogP contribution in [0.25, 0.3) is 10.4 Å². The number of rotatable bonds is 13. The van der Waals surface area contributed by atoms with Gasteiger partial charge in [0, 0.05) is 18.6 Å². The highest BCUT2D eigenvalue weighted by molar-refractivity contribution is 6.74. The maximum Gasteiger partial charge on any atom is 0.192 e. The molecule has 0 radical (unpaired) electrons. The normalized spacial score (nSPS) is 24.1. The maximum absolute atomic E-state index is 8.83. The Hall–Kier alpha value is -2.23. The van der Waals surface area contributed by atoms with Crippen LogP contribution in [0, 0.1) is 0 Å². The fourth-order valence-corrected chi connectivity index (χ4v) is 5.67. The van der Waals surface area contributed by atoms with Crippen molar-refractivity contribution in [3.63, 3.8) is 0 Å². The zero-order chi connectivity index (χ0) is 27.6. The van der Waals surface area contributed by atoms with E-state index in [1.54, 1.807) is 7.11 Å². The van der Waals surface area contributed by atoms with Gasteiger partial charge in [-0.25, -0.2) is 0 Å². The Kier molecular flexibility index (Phi) is 11.4. The minimum absolute atomic E-state index is 0.00659. The van der Waals surface area contributed by atoms with E-state index >= 15 is 0 Å². The molecule has 0 saturated carbocycles. The first-order chi connectivity index (χ1) is 18.2. The molecule has 1 aliphatic rings. The molecule has 5 atom stereocenters. The van der Waals surface area contributed by atoms with Crippen molar-refractivity contribution >= 4 is 8.32 Å². The predicted octanol–water partition coefficient (Wildman–Crippen LogP) is 6.66. The van der Waals surface area contributed by atoms with E-state index in [4.69, 9.17) is 28.9 Å². The molecule has 208 valence electrons. The van der Waals surface area contributed by atoms with Gasteiger partial charge in [0.15, 0.2) is 8.32 Å². The lowest BCUT2D eigenvalue weighted by Gasteiger charge is -2.50. The topological polar surface area (TPSA) is 94.9 Å². The molecule has 2 aromatic carbocycles. The van der Waals surface area contributed by atoms with Crippen LogP contribution in [0.4, 0.5) is 0 Å². The van der Waals surface area contributed by atoms with Crippen LogP contribution in [0.3, 0.4) is 0 Å². The Morgan fingerprint density at radius 1 is 0.895 bits per heavy atom. The molecular weight excluding hydrogens is 498 g/mol. The van der Waals surface area contributed by atoms with E-state index in [0.717, 1.165) is 11.1 Å². The second-order valence-electron chi connectivity index (χ2n) is 11.3. The van der Waals surface area contributed by atoms with Gasteiger partial charge in [0.2, 0.25) is 0 Å².